The van der Waals surface area contributed by atoms with E-state index in [-0.39, 0.29) is 47.0 Å². The minimum Gasteiger partial charge on any atom is -0.504 e. The fourth-order valence-electron chi connectivity index (χ4n) is 7.57. The second-order valence-electron chi connectivity index (χ2n) is 10.2. The van der Waals surface area contributed by atoms with Gasteiger partial charge in [-0.2, -0.15) is 0 Å². The van der Waals surface area contributed by atoms with Gasteiger partial charge >= 0.3 is 11.9 Å². The van der Waals surface area contributed by atoms with Gasteiger partial charge in [-0.25, -0.2) is 4.79 Å². The van der Waals surface area contributed by atoms with E-state index < -0.39 is 23.0 Å². The molecule has 0 radical (unpaired) electrons. The minimum atomic E-state index is -1.51. The maximum absolute atomic E-state index is 12.6. The summed E-state index contributed by atoms with van der Waals surface area (Å²) in [6.07, 6.45) is 7.24. The van der Waals surface area contributed by atoms with Crippen LogP contribution in [0.25, 0.3) is 0 Å². The van der Waals surface area contributed by atoms with Gasteiger partial charge in [-0.15, -0.1) is 0 Å². The van der Waals surface area contributed by atoms with Crippen molar-refractivity contribution in [2.45, 2.75) is 71.8 Å². The van der Waals surface area contributed by atoms with Crippen molar-refractivity contribution in [1.82, 2.24) is 0 Å². The molecule has 164 valence electrons. The molecule has 3 fully saturated rings. The van der Waals surface area contributed by atoms with Crippen molar-refractivity contribution in [3.8, 4) is 0 Å². The normalized spacial score (nSPS) is 44.9. The summed E-state index contributed by atoms with van der Waals surface area (Å²) in [6.45, 7) is 7.69. The van der Waals surface area contributed by atoms with Crippen molar-refractivity contribution < 1.29 is 29.3 Å². The average molecular weight is 417 g/mol. The van der Waals surface area contributed by atoms with E-state index in [2.05, 4.69) is 6.92 Å². The number of ether oxygens (including phenoxy) is 1. The number of allylic oxidation sites excluding steroid dienone is 3. The Labute approximate surface area is 177 Å². The van der Waals surface area contributed by atoms with Crippen molar-refractivity contribution in [2.75, 3.05) is 0 Å². The number of hydrogen-bond donors (Lipinski definition) is 2. The minimum absolute atomic E-state index is 0.110. The number of aliphatic hydroxyl groups excluding tert-OH is 1. The standard InChI is InChI=1S/C24H32O6/c1-5-20(27)30-24(21(28)29)13(2)10-17-15-7-6-14-11-18(25)19(26)12-22(14,3)16(15)8-9-23(17,24)4/h11-13,15-17,26H,5-10H2,1-4H3,(H,28,29)/t13-,15-,16+,17+,22+,23+,24+/m1/s1. The Bertz CT molecular complexity index is 871. The Morgan fingerprint density at radius 2 is 1.93 bits per heavy atom. The molecule has 0 saturated heterocycles. The summed E-state index contributed by atoms with van der Waals surface area (Å²) < 4.78 is 5.79. The molecule has 0 heterocycles. The first kappa shape index (κ1) is 21.1. The Morgan fingerprint density at radius 1 is 1.23 bits per heavy atom. The summed E-state index contributed by atoms with van der Waals surface area (Å²) in [5.74, 6) is -1.70. The number of hydrogen-bond acceptors (Lipinski definition) is 5. The average Bonchev–Trinajstić information content (AvgIpc) is 2.91. The van der Waals surface area contributed by atoms with Crippen LogP contribution in [0.15, 0.2) is 23.5 Å². The van der Waals surface area contributed by atoms with E-state index in [1.165, 1.54) is 0 Å². The number of esters is 1. The molecule has 0 aromatic rings. The quantitative estimate of drug-likeness (QED) is 0.669. The zero-order valence-corrected chi connectivity index (χ0v) is 18.2. The zero-order valence-electron chi connectivity index (χ0n) is 18.2. The fourth-order valence-corrected chi connectivity index (χ4v) is 7.57. The smallest absolute Gasteiger partial charge is 0.349 e. The highest BCUT2D eigenvalue weighted by Crippen LogP contribution is 2.69. The highest BCUT2D eigenvalue weighted by Gasteiger charge is 2.72. The van der Waals surface area contributed by atoms with Gasteiger partial charge in [-0.1, -0.05) is 33.3 Å². The number of carbonyl (C=O) groups excluding carboxylic acids is 2. The monoisotopic (exact) mass is 416 g/mol. The molecule has 2 N–H and O–H groups in total. The molecule has 30 heavy (non-hydrogen) atoms. The van der Waals surface area contributed by atoms with Crippen LogP contribution in [0.3, 0.4) is 0 Å². The SMILES string of the molecule is CCC(=O)O[C@]1(C(=O)O)[C@H](C)C[C@H]2[C@@H]3CCC4=CC(=O)C(O)=C[C@]4(C)[C@H]3CC[C@@]21C. The second-order valence-corrected chi connectivity index (χ2v) is 10.2. The molecule has 6 nitrogen and oxygen atoms in total. The molecule has 0 aliphatic heterocycles. The van der Waals surface area contributed by atoms with Crippen molar-refractivity contribution in [2.24, 2.45) is 34.5 Å². The topological polar surface area (TPSA) is 101 Å². The van der Waals surface area contributed by atoms with Crippen LogP contribution < -0.4 is 0 Å². The maximum atomic E-state index is 12.6. The van der Waals surface area contributed by atoms with E-state index in [1.807, 2.05) is 13.8 Å². The van der Waals surface area contributed by atoms with Gasteiger partial charge < -0.3 is 14.9 Å². The van der Waals surface area contributed by atoms with Crippen LogP contribution in [0.2, 0.25) is 0 Å². The third-order valence-corrected chi connectivity index (χ3v) is 9.06. The summed E-state index contributed by atoms with van der Waals surface area (Å²) >= 11 is 0. The van der Waals surface area contributed by atoms with Gasteiger partial charge in [-0.05, 0) is 62.0 Å². The molecule has 7 atom stereocenters. The van der Waals surface area contributed by atoms with E-state index in [4.69, 9.17) is 4.74 Å². The number of carboxylic acids is 1. The number of carboxylic acid groups (broad SMARTS) is 1. The van der Waals surface area contributed by atoms with Crippen molar-refractivity contribution in [3.63, 3.8) is 0 Å². The molecular formula is C24H32O6. The van der Waals surface area contributed by atoms with Gasteiger partial charge in [0.25, 0.3) is 0 Å². The first-order chi connectivity index (χ1) is 14.0. The fraction of sp³-hybridized carbons (Fsp3) is 0.708. The molecule has 0 spiro atoms. The van der Waals surface area contributed by atoms with Crippen molar-refractivity contribution in [3.05, 3.63) is 23.5 Å². The molecule has 0 amide bonds. The lowest BCUT2D eigenvalue weighted by atomic mass is 9.47. The van der Waals surface area contributed by atoms with Gasteiger partial charge in [0.2, 0.25) is 11.4 Å². The highest BCUT2D eigenvalue weighted by atomic mass is 16.6. The molecule has 3 saturated carbocycles. The summed E-state index contributed by atoms with van der Waals surface area (Å²) in [5.41, 5.74) is -1.46. The van der Waals surface area contributed by atoms with Crippen LogP contribution in [0.5, 0.6) is 0 Å². The lowest BCUT2D eigenvalue weighted by molar-refractivity contribution is -0.206. The van der Waals surface area contributed by atoms with E-state index >= 15 is 0 Å². The predicted octanol–water partition coefficient (Wildman–Crippen LogP) is 4.20. The lowest BCUT2D eigenvalue weighted by Crippen LogP contribution is -2.60. The number of aliphatic hydroxyl groups is 1. The number of ketones is 1. The molecule has 0 bridgehead atoms. The van der Waals surface area contributed by atoms with Gasteiger partial charge in [0.15, 0.2) is 5.76 Å². The zero-order chi connectivity index (χ0) is 22.1. The summed E-state index contributed by atoms with van der Waals surface area (Å²) in [6, 6.07) is 0. The highest BCUT2D eigenvalue weighted by molar-refractivity contribution is 6.04. The third kappa shape index (κ3) is 2.51. The largest absolute Gasteiger partial charge is 0.504 e. The number of carbonyl (C=O) groups is 3. The van der Waals surface area contributed by atoms with Crippen molar-refractivity contribution >= 4 is 17.7 Å². The summed E-state index contributed by atoms with van der Waals surface area (Å²) in [7, 11) is 0. The lowest BCUT2D eigenvalue weighted by Gasteiger charge is -2.57. The van der Waals surface area contributed by atoms with Crippen LogP contribution in [0.4, 0.5) is 0 Å². The third-order valence-electron chi connectivity index (χ3n) is 9.06. The number of fused-ring (bicyclic) bond motifs is 5. The summed E-state index contributed by atoms with van der Waals surface area (Å²) in [4.78, 5) is 36.9. The molecule has 4 rings (SSSR count). The van der Waals surface area contributed by atoms with Gasteiger partial charge in [0.05, 0.1) is 0 Å². The Morgan fingerprint density at radius 3 is 2.57 bits per heavy atom. The number of aliphatic carboxylic acids is 1. The predicted molar refractivity (Wildman–Crippen MR) is 109 cm³/mol. The number of rotatable bonds is 3. The van der Waals surface area contributed by atoms with Gasteiger partial charge in [0.1, 0.15) is 0 Å². The molecule has 6 heteroatoms. The van der Waals surface area contributed by atoms with Crippen LogP contribution in [0.1, 0.15) is 66.2 Å². The van der Waals surface area contributed by atoms with Crippen molar-refractivity contribution in [1.29, 1.82) is 0 Å². The maximum Gasteiger partial charge on any atom is 0.349 e. The van der Waals surface area contributed by atoms with E-state index in [0.29, 0.717) is 12.8 Å². The van der Waals surface area contributed by atoms with Crippen LogP contribution in [-0.2, 0) is 19.1 Å². The Hall–Kier alpha value is -2.11. The second kappa shape index (κ2) is 6.69. The van der Waals surface area contributed by atoms with E-state index in [1.54, 1.807) is 19.1 Å². The Balaban J connectivity index is 1.75. The summed E-state index contributed by atoms with van der Waals surface area (Å²) in [5, 5.41) is 20.5. The van der Waals surface area contributed by atoms with E-state index in [0.717, 1.165) is 24.8 Å². The van der Waals surface area contributed by atoms with Crippen LogP contribution >= 0.6 is 0 Å². The molecule has 0 unspecified atom stereocenters. The van der Waals surface area contributed by atoms with Crippen LogP contribution in [0, 0.1) is 34.5 Å². The molecular weight excluding hydrogens is 384 g/mol. The van der Waals surface area contributed by atoms with Crippen LogP contribution in [-0.4, -0.2) is 33.5 Å². The molecule has 0 aromatic heterocycles. The van der Waals surface area contributed by atoms with Gasteiger partial charge in [-0.3, -0.25) is 9.59 Å². The first-order valence-corrected chi connectivity index (χ1v) is 11.1. The molecule has 4 aliphatic carbocycles. The Kier molecular flexibility index (Phi) is 4.72. The molecule has 4 aliphatic rings. The van der Waals surface area contributed by atoms with E-state index in [9.17, 15) is 24.6 Å². The first-order valence-electron chi connectivity index (χ1n) is 11.1. The molecule has 0 aromatic carbocycles. The van der Waals surface area contributed by atoms with Gasteiger partial charge in [0, 0.05) is 23.2 Å².